The standard InChI is InChI=1S/C14H20N2O3S/c1-19-12-5-10(6-15-7-12)14(9-3-11(17)4-9)16-13(18)8-20-2/h5-7,9,11,14,17H,3-4,8H2,1-2H3,(H,16,18)/t9?,11?,14-/m0/s1. The minimum atomic E-state index is -0.251. The van der Waals surface area contributed by atoms with E-state index in [2.05, 4.69) is 10.3 Å². The number of pyridine rings is 1. The zero-order valence-corrected chi connectivity index (χ0v) is 12.5. The number of aliphatic hydroxyl groups excluding tert-OH is 1. The van der Waals surface area contributed by atoms with Gasteiger partial charge in [0, 0.05) is 6.20 Å². The molecule has 2 rings (SSSR count). The van der Waals surface area contributed by atoms with Crippen molar-refractivity contribution in [1.29, 1.82) is 0 Å². The Labute approximate surface area is 123 Å². The van der Waals surface area contributed by atoms with Crippen molar-refractivity contribution in [2.45, 2.75) is 25.0 Å². The summed E-state index contributed by atoms with van der Waals surface area (Å²) in [4.78, 5) is 16.0. The first-order chi connectivity index (χ1) is 9.63. The predicted molar refractivity (Wildman–Crippen MR) is 78.8 cm³/mol. The van der Waals surface area contributed by atoms with E-state index in [0.29, 0.717) is 24.3 Å². The summed E-state index contributed by atoms with van der Waals surface area (Å²) in [6, 6.07) is 1.78. The van der Waals surface area contributed by atoms with Crippen molar-refractivity contribution in [3.8, 4) is 5.75 Å². The van der Waals surface area contributed by atoms with Crippen LogP contribution in [0.25, 0.3) is 0 Å². The second kappa shape index (κ2) is 6.95. The largest absolute Gasteiger partial charge is 0.495 e. The number of hydrogen-bond donors (Lipinski definition) is 2. The van der Waals surface area contributed by atoms with Gasteiger partial charge in [-0.15, -0.1) is 0 Å². The summed E-state index contributed by atoms with van der Waals surface area (Å²) in [5, 5.41) is 12.5. The smallest absolute Gasteiger partial charge is 0.230 e. The zero-order valence-electron chi connectivity index (χ0n) is 11.7. The highest BCUT2D eigenvalue weighted by Gasteiger charge is 2.35. The lowest BCUT2D eigenvalue weighted by Crippen LogP contribution is -2.42. The van der Waals surface area contributed by atoms with Gasteiger partial charge >= 0.3 is 0 Å². The van der Waals surface area contributed by atoms with Gasteiger partial charge in [-0.05, 0) is 36.6 Å². The molecule has 1 aromatic heterocycles. The van der Waals surface area contributed by atoms with Crippen molar-refractivity contribution in [3.63, 3.8) is 0 Å². The fraction of sp³-hybridized carbons (Fsp3) is 0.571. The van der Waals surface area contributed by atoms with Crippen molar-refractivity contribution in [2.24, 2.45) is 5.92 Å². The molecule has 2 N–H and O–H groups in total. The summed E-state index contributed by atoms with van der Waals surface area (Å²) in [5.74, 6) is 1.37. The molecule has 20 heavy (non-hydrogen) atoms. The third kappa shape index (κ3) is 3.64. The molecule has 6 heteroatoms. The average molecular weight is 296 g/mol. The molecule has 110 valence electrons. The SMILES string of the molecule is COc1cncc([C@@H](NC(=O)CSC)C2CC(O)C2)c1. The number of carbonyl (C=O) groups excluding carboxylic acids is 1. The van der Waals surface area contributed by atoms with E-state index in [1.807, 2.05) is 12.3 Å². The predicted octanol–water partition coefficient (Wildman–Crippen LogP) is 1.38. The van der Waals surface area contributed by atoms with Crippen LogP contribution in [0.15, 0.2) is 18.5 Å². The maximum absolute atomic E-state index is 11.9. The Morgan fingerprint density at radius 2 is 2.35 bits per heavy atom. The van der Waals surface area contributed by atoms with Gasteiger partial charge in [0.25, 0.3) is 0 Å². The monoisotopic (exact) mass is 296 g/mol. The van der Waals surface area contributed by atoms with Gasteiger partial charge in [-0.2, -0.15) is 11.8 Å². The third-order valence-electron chi connectivity index (χ3n) is 3.54. The number of methoxy groups -OCH3 is 1. The number of aliphatic hydroxyl groups is 1. The second-order valence-corrected chi connectivity index (χ2v) is 5.89. The van der Waals surface area contributed by atoms with Crippen LogP contribution in [0.4, 0.5) is 0 Å². The van der Waals surface area contributed by atoms with E-state index in [4.69, 9.17) is 4.74 Å². The number of amides is 1. The summed E-state index contributed by atoms with van der Waals surface area (Å²) < 4.78 is 5.18. The van der Waals surface area contributed by atoms with Gasteiger partial charge in [0.15, 0.2) is 0 Å². The summed E-state index contributed by atoms with van der Waals surface area (Å²) in [7, 11) is 1.59. The van der Waals surface area contributed by atoms with Crippen molar-refractivity contribution < 1.29 is 14.6 Å². The van der Waals surface area contributed by atoms with Crippen LogP contribution in [0, 0.1) is 5.92 Å². The van der Waals surface area contributed by atoms with E-state index in [1.54, 1.807) is 19.5 Å². The summed E-state index contributed by atoms with van der Waals surface area (Å²) in [6.45, 7) is 0. The molecule has 1 heterocycles. The van der Waals surface area contributed by atoms with Gasteiger partial charge in [-0.1, -0.05) is 0 Å². The Balaban J connectivity index is 2.14. The molecule has 0 radical (unpaired) electrons. The Kier molecular flexibility index (Phi) is 5.25. The minimum absolute atomic E-state index is 0.00621. The Bertz CT molecular complexity index is 463. The first-order valence-electron chi connectivity index (χ1n) is 6.59. The average Bonchev–Trinajstić information content (AvgIpc) is 2.42. The van der Waals surface area contributed by atoms with Gasteiger partial charge < -0.3 is 15.2 Å². The first-order valence-corrected chi connectivity index (χ1v) is 7.98. The first kappa shape index (κ1) is 15.1. The van der Waals surface area contributed by atoms with Crippen molar-refractivity contribution in [2.75, 3.05) is 19.1 Å². The molecular formula is C14H20N2O3S. The molecule has 0 unspecified atom stereocenters. The van der Waals surface area contributed by atoms with E-state index in [9.17, 15) is 9.90 Å². The lowest BCUT2D eigenvalue weighted by Gasteiger charge is -2.38. The third-order valence-corrected chi connectivity index (χ3v) is 4.09. The van der Waals surface area contributed by atoms with Crippen molar-refractivity contribution >= 4 is 17.7 Å². The molecular weight excluding hydrogens is 276 g/mol. The number of rotatable bonds is 6. The molecule has 1 aliphatic rings. The van der Waals surface area contributed by atoms with Gasteiger partial charge in [0.1, 0.15) is 5.75 Å². The van der Waals surface area contributed by atoms with E-state index in [0.717, 1.165) is 5.56 Å². The maximum atomic E-state index is 11.9. The maximum Gasteiger partial charge on any atom is 0.230 e. The van der Waals surface area contributed by atoms with Crippen LogP contribution >= 0.6 is 11.8 Å². The highest BCUT2D eigenvalue weighted by atomic mass is 32.2. The number of nitrogens with zero attached hydrogens (tertiary/aromatic N) is 1. The summed E-state index contributed by atoms with van der Waals surface area (Å²) in [5.41, 5.74) is 0.927. The molecule has 1 saturated carbocycles. The van der Waals surface area contributed by atoms with Gasteiger partial charge in [-0.25, -0.2) is 0 Å². The number of aromatic nitrogens is 1. The molecule has 5 nitrogen and oxygen atoms in total. The van der Waals surface area contributed by atoms with Crippen LogP contribution < -0.4 is 10.1 Å². The number of nitrogens with one attached hydrogen (secondary N) is 1. The van der Waals surface area contributed by atoms with Crippen LogP contribution in [-0.4, -0.2) is 41.2 Å². The quantitative estimate of drug-likeness (QED) is 0.830. The minimum Gasteiger partial charge on any atom is -0.495 e. The van der Waals surface area contributed by atoms with Gasteiger partial charge in [-0.3, -0.25) is 9.78 Å². The lowest BCUT2D eigenvalue weighted by atomic mass is 9.75. The number of ether oxygens (including phenoxy) is 1. The van der Waals surface area contributed by atoms with Crippen LogP contribution in [0.2, 0.25) is 0 Å². The van der Waals surface area contributed by atoms with Crippen LogP contribution in [0.5, 0.6) is 5.75 Å². The molecule has 1 amide bonds. The molecule has 0 saturated heterocycles. The topological polar surface area (TPSA) is 71.5 Å². The Morgan fingerprint density at radius 3 is 2.95 bits per heavy atom. The Hall–Kier alpha value is -1.27. The van der Waals surface area contributed by atoms with E-state index in [1.165, 1.54) is 11.8 Å². The van der Waals surface area contributed by atoms with E-state index >= 15 is 0 Å². The number of hydrogen-bond acceptors (Lipinski definition) is 5. The lowest BCUT2D eigenvalue weighted by molar-refractivity contribution is -0.120. The van der Waals surface area contributed by atoms with E-state index < -0.39 is 0 Å². The summed E-state index contributed by atoms with van der Waals surface area (Å²) in [6.07, 6.45) is 6.45. The number of carbonyl (C=O) groups is 1. The Morgan fingerprint density at radius 1 is 1.60 bits per heavy atom. The van der Waals surface area contributed by atoms with Crippen LogP contribution in [0.3, 0.4) is 0 Å². The fourth-order valence-corrected chi connectivity index (χ4v) is 2.78. The second-order valence-electron chi connectivity index (χ2n) is 5.02. The highest BCUT2D eigenvalue weighted by molar-refractivity contribution is 7.99. The normalized spacial score (nSPS) is 22.8. The van der Waals surface area contributed by atoms with Gasteiger partial charge in [0.05, 0.1) is 31.2 Å². The molecule has 0 spiro atoms. The van der Waals surface area contributed by atoms with Crippen molar-refractivity contribution in [3.05, 3.63) is 24.0 Å². The fourth-order valence-electron chi connectivity index (χ4n) is 2.44. The molecule has 0 bridgehead atoms. The number of thioether (sulfide) groups is 1. The van der Waals surface area contributed by atoms with Crippen molar-refractivity contribution in [1.82, 2.24) is 10.3 Å². The molecule has 1 atom stereocenters. The molecule has 0 aliphatic heterocycles. The molecule has 1 fully saturated rings. The molecule has 1 aliphatic carbocycles. The molecule has 1 aromatic rings. The zero-order chi connectivity index (χ0) is 14.5. The van der Waals surface area contributed by atoms with Gasteiger partial charge in [0.2, 0.25) is 5.91 Å². The van der Waals surface area contributed by atoms with Crippen LogP contribution in [0.1, 0.15) is 24.4 Å². The summed E-state index contributed by atoms with van der Waals surface area (Å²) >= 11 is 1.49. The highest BCUT2D eigenvalue weighted by Crippen LogP contribution is 2.38. The van der Waals surface area contributed by atoms with Crippen LogP contribution in [-0.2, 0) is 4.79 Å². The molecule has 0 aromatic carbocycles. The van der Waals surface area contributed by atoms with E-state index in [-0.39, 0.29) is 24.0 Å².